The number of hydrogen-bond donors (Lipinski definition) is 0. The second-order valence-corrected chi connectivity index (χ2v) is 10.4. The predicted molar refractivity (Wildman–Crippen MR) is 148 cm³/mol. The van der Waals surface area contributed by atoms with E-state index in [0.29, 0.717) is 5.92 Å². The monoisotopic (exact) mass is 504 g/mol. The number of nitrogens with zero attached hydrogens (tertiary/aromatic N) is 2. The van der Waals surface area contributed by atoms with Crippen LogP contribution in [0.15, 0.2) is 48.5 Å². The van der Waals surface area contributed by atoms with Gasteiger partial charge < -0.3 is 23.8 Å². The van der Waals surface area contributed by atoms with E-state index < -0.39 is 0 Å². The lowest BCUT2D eigenvalue weighted by Crippen LogP contribution is -2.35. The smallest absolute Gasteiger partial charge is 0.161 e. The molecule has 2 aliphatic heterocycles. The largest absolute Gasteiger partial charge is 0.497 e. The number of ether oxygens (including phenoxy) is 4. The lowest BCUT2D eigenvalue weighted by molar-refractivity contribution is 0.177. The maximum atomic E-state index is 6.23. The topological polar surface area (TPSA) is 43.4 Å². The van der Waals surface area contributed by atoms with Gasteiger partial charge in [-0.3, -0.25) is 4.90 Å². The molecular formula is C31H40N2O4. The Morgan fingerprint density at radius 1 is 0.811 bits per heavy atom. The van der Waals surface area contributed by atoms with E-state index in [-0.39, 0.29) is 0 Å². The fourth-order valence-electron chi connectivity index (χ4n) is 5.91. The summed E-state index contributed by atoms with van der Waals surface area (Å²) >= 11 is 0. The molecular weight excluding hydrogens is 464 g/mol. The van der Waals surface area contributed by atoms with E-state index in [9.17, 15) is 0 Å². The fourth-order valence-corrected chi connectivity index (χ4v) is 5.91. The van der Waals surface area contributed by atoms with Crippen molar-refractivity contribution in [1.82, 2.24) is 9.80 Å². The second kappa shape index (κ2) is 12.1. The zero-order valence-electron chi connectivity index (χ0n) is 22.5. The summed E-state index contributed by atoms with van der Waals surface area (Å²) in [6.45, 7) is 7.33. The number of rotatable bonds is 10. The first kappa shape index (κ1) is 25.7. The van der Waals surface area contributed by atoms with Crippen LogP contribution in [0.3, 0.4) is 0 Å². The molecule has 0 spiro atoms. The molecule has 0 N–H and O–H groups in total. The van der Waals surface area contributed by atoms with Crippen LogP contribution in [0, 0.1) is 5.92 Å². The molecule has 3 aromatic rings. The number of methoxy groups -OCH3 is 3. The summed E-state index contributed by atoms with van der Waals surface area (Å²) in [5.41, 5.74) is 2.74. The molecule has 6 heteroatoms. The highest BCUT2D eigenvalue weighted by atomic mass is 16.5. The Morgan fingerprint density at radius 2 is 1.59 bits per heavy atom. The van der Waals surface area contributed by atoms with E-state index in [0.717, 1.165) is 73.0 Å². The molecule has 2 aliphatic rings. The van der Waals surface area contributed by atoms with E-state index in [1.54, 1.807) is 21.3 Å². The number of hydrogen-bond acceptors (Lipinski definition) is 6. The molecule has 1 unspecified atom stereocenters. The maximum Gasteiger partial charge on any atom is 0.161 e. The summed E-state index contributed by atoms with van der Waals surface area (Å²) in [7, 11) is 5.12. The molecule has 0 saturated carbocycles. The summed E-state index contributed by atoms with van der Waals surface area (Å²) in [6, 6.07) is 16.7. The SMILES string of the molecule is COc1ccc2c(OCCCN3CCCCC(CN4Cc5cc(OC)c(OC)cc5C4)C3)cccc2c1. The van der Waals surface area contributed by atoms with Crippen molar-refractivity contribution in [3.05, 3.63) is 59.7 Å². The first-order chi connectivity index (χ1) is 18.2. The van der Waals surface area contributed by atoms with Gasteiger partial charge in [-0.25, -0.2) is 0 Å². The molecule has 0 radical (unpaired) electrons. The Kier molecular flexibility index (Phi) is 8.37. The van der Waals surface area contributed by atoms with Gasteiger partial charge in [0.05, 0.1) is 27.9 Å². The lowest BCUT2D eigenvalue weighted by atomic mass is 10.0. The van der Waals surface area contributed by atoms with Crippen LogP contribution in [0.5, 0.6) is 23.0 Å². The molecule has 1 fully saturated rings. The molecule has 6 nitrogen and oxygen atoms in total. The van der Waals surface area contributed by atoms with Gasteiger partial charge in [0.15, 0.2) is 11.5 Å². The summed E-state index contributed by atoms with van der Waals surface area (Å²) in [4.78, 5) is 5.25. The summed E-state index contributed by atoms with van der Waals surface area (Å²) in [5.74, 6) is 4.19. The Morgan fingerprint density at radius 3 is 2.32 bits per heavy atom. The molecule has 37 heavy (non-hydrogen) atoms. The minimum Gasteiger partial charge on any atom is -0.497 e. The quantitative estimate of drug-likeness (QED) is 0.328. The minimum atomic E-state index is 0.703. The summed E-state index contributed by atoms with van der Waals surface area (Å²) < 4.78 is 22.6. The molecule has 2 heterocycles. The molecule has 5 rings (SSSR count). The first-order valence-corrected chi connectivity index (χ1v) is 13.5. The molecule has 0 aliphatic carbocycles. The predicted octanol–water partition coefficient (Wildman–Crippen LogP) is 5.75. The van der Waals surface area contributed by atoms with E-state index in [1.807, 2.05) is 6.07 Å². The lowest BCUT2D eigenvalue weighted by Gasteiger charge is -2.27. The summed E-state index contributed by atoms with van der Waals surface area (Å²) in [5, 5.41) is 2.29. The number of likely N-dealkylation sites (tertiary alicyclic amines) is 1. The molecule has 198 valence electrons. The Hall–Kier alpha value is -2.96. The highest BCUT2D eigenvalue weighted by Crippen LogP contribution is 2.35. The van der Waals surface area contributed by atoms with Gasteiger partial charge in [0.2, 0.25) is 0 Å². The highest BCUT2D eigenvalue weighted by molar-refractivity contribution is 5.89. The van der Waals surface area contributed by atoms with E-state index in [1.165, 1.54) is 43.5 Å². The van der Waals surface area contributed by atoms with Gasteiger partial charge in [-0.1, -0.05) is 18.6 Å². The second-order valence-electron chi connectivity index (χ2n) is 10.4. The maximum absolute atomic E-state index is 6.23. The molecule has 0 amide bonds. The fraction of sp³-hybridized carbons (Fsp3) is 0.484. The van der Waals surface area contributed by atoms with Gasteiger partial charge in [0, 0.05) is 38.1 Å². The van der Waals surface area contributed by atoms with Crippen molar-refractivity contribution in [3.8, 4) is 23.0 Å². The van der Waals surface area contributed by atoms with Gasteiger partial charge >= 0.3 is 0 Å². The molecule has 1 saturated heterocycles. The van der Waals surface area contributed by atoms with Crippen molar-refractivity contribution in [1.29, 1.82) is 0 Å². The van der Waals surface area contributed by atoms with Crippen molar-refractivity contribution in [3.63, 3.8) is 0 Å². The van der Waals surface area contributed by atoms with Crippen LogP contribution in [0.1, 0.15) is 36.8 Å². The third-order valence-electron chi connectivity index (χ3n) is 7.79. The molecule has 0 bridgehead atoms. The van der Waals surface area contributed by atoms with Crippen LogP contribution in [0.2, 0.25) is 0 Å². The van der Waals surface area contributed by atoms with Gasteiger partial charge in [-0.2, -0.15) is 0 Å². The molecule has 1 atom stereocenters. The third kappa shape index (κ3) is 6.13. The van der Waals surface area contributed by atoms with Gasteiger partial charge in [-0.15, -0.1) is 0 Å². The van der Waals surface area contributed by atoms with Crippen molar-refractivity contribution < 1.29 is 18.9 Å². The van der Waals surface area contributed by atoms with Gasteiger partial charge in [0.25, 0.3) is 0 Å². The standard InChI is InChI=1S/C31H40N2O4/c1-34-27-11-12-28-24(16-27)9-6-10-29(28)37-15-7-14-32-13-5-4-8-23(19-32)20-33-21-25-17-30(35-2)31(36-3)18-26(25)22-33/h6,9-12,16-18,23H,4-5,7-8,13-15,19-22H2,1-3H3. The van der Waals surface area contributed by atoms with E-state index in [2.05, 4.69) is 52.3 Å². The van der Waals surface area contributed by atoms with Crippen LogP contribution in [0.4, 0.5) is 0 Å². The highest BCUT2D eigenvalue weighted by Gasteiger charge is 2.26. The minimum absolute atomic E-state index is 0.703. The van der Waals surface area contributed by atoms with Crippen LogP contribution in [-0.2, 0) is 13.1 Å². The van der Waals surface area contributed by atoms with Crippen molar-refractivity contribution >= 4 is 10.8 Å². The van der Waals surface area contributed by atoms with Crippen LogP contribution < -0.4 is 18.9 Å². The van der Waals surface area contributed by atoms with Gasteiger partial charge in [-0.05, 0) is 84.6 Å². The van der Waals surface area contributed by atoms with Crippen molar-refractivity contribution in [2.75, 3.05) is 54.1 Å². The average molecular weight is 505 g/mol. The Labute approximate surface area is 221 Å². The normalized spacial score (nSPS) is 18.4. The number of benzene rings is 3. The summed E-state index contributed by atoms with van der Waals surface area (Å²) in [6.07, 6.45) is 4.96. The zero-order chi connectivity index (χ0) is 25.6. The molecule has 3 aromatic carbocycles. The van der Waals surface area contributed by atoms with Crippen molar-refractivity contribution in [2.45, 2.75) is 38.8 Å². The van der Waals surface area contributed by atoms with Crippen molar-refractivity contribution in [2.24, 2.45) is 5.92 Å². The van der Waals surface area contributed by atoms with Gasteiger partial charge in [0.1, 0.15) is 11.5 Å². The third-order valence-corrected chi connectivity index (χ3v) is 7.79. The van der Waals surface area contributed by atoms with Crippen LogP contribution >= 0.6 is 0 Å². The Balaban J connectivity index is 1.11. The molecule has 0 aromatic heterocycles. The zero-order valence-corrected chi connectivity index (χ0v) is 22.5. The van der Waals surface area contributed by atoms with E-state index in [4.69, 9.17) is 18.9 Å². The number of fused-ring (bicyclic) bond motifs is 2. The average Bonchev–Trinajstić information content (AvgIpc) is 3.18. The first-order valence-electron chi connectivity index (χ1n) is 13.5. The van der Waals surface area contributed by atoms with Crippen LogP contribution in [0.25, 0.3) is 10.8 Å². The van der Waals surface area contributed by atoms with E-state index >= 15 is 0 Å². The Bertz CT molecular complexity index is 1160. The van der Waals surface area contributed by atoms with Crippen LogP contribution in [-0.4, -0.2) is 63.9 Å².